The van der Waals surface area contributed by atoms with E-state index in [-0.39, 0.29) is 10.8 Å². The van der Waals surface area contributed by atoms with Crippen LogP contribution in [0.3, 0.4) is 0 Å². The van der Waals surface area contributed by atoms with Gasteiger partial charge in [0.1, 0.15) is 5.39 Å². The van der Waals surface area contributed by atoms with Gasteiger partial charge >= 0.3 is 0 Å². The zero-order valence-corrected chi connectivity index (χ0v) is 16.5. The molecule has 0 radical (unpaired) electrons. The minimum absolute atomic E-state index is 0.213. The van der Waals surface area contributed by atoms with Gasteiger partial charge in [-0.3, -0.25) is 14.5 Å². The molecule has 4 rings (SSSR count). The molecule has 0 spiro atoms. The molecule has 27 heavy (non-hydrogen) atoms. The molecule has 1 N–H and O–H groups in total. The van der Waals surface area contributed by atoms with Crippen LogP contribution >= 0.6 is 0 Å². The Bertz CT molecular complexity index is 967. The molecule has 8 nitrogen and oxygen atoms in total. The van der Waals surface area contributed by atoms with Crippen molar-refractivity contribution >= 4 is 26.8 Å². The predicted octanol–water partition coefficient (Wildman–Crippen LogP) is 1.62. The van der Waals surface area contributed by atoms with E-state index in [0.29, 0.717) is 54.6 Å². The van der Waals surface area contributed by atoms with E-state index in [9.17, 15) is 13.2 Å². The van der Waals surface area contributed by atoms with Crippen molar-refractivity contribution in [3.8, 4) is 0 Å². The summed E-state index contributed by atoms with van der Waals surface area (Å²) in [6, 6.07) is 0. The van der Waals surface area contributed by atoms with E-state index in [0.717, 1.165) is 25.7 Å². The minimum Gasteiger partial charge on any atom is -0.342 e. The lowest BCUT2D eigenvalue weighted by Gasteiger charge is -2.33. The highest BCUT2D eigenvalue weighted by Gasteiger charge is 2.33. The number of aryl methyl sites for hydroxylation is 1. The third-order valence-corrected chi connectivity index (χ3v) is 8.45. The van der Waals surface area contributed by atoms with Crippen molar-refractivity contribution < 1.29 is 8.42 Å². The number of hydrogen-bond acceptors (Lipinski definition) is 6. The van der Waals surface area contributed by atoms with Crippen LogP contribution in [0.4, 0.5) is 5.95 Å². The van der Waals surface area contributed by atoms with E-state index in [1.165, 1.54) is 12.6 Å². The largest absolute Gasteiger partial charge is 0.342 e. The maximum absolute atomic E-state index is 12.8. The van der Waals surface area contributed by atoms with Crippen LogP contribution in [0.2, 0.25) is 0 Å². The molecular formula is C18H27N5O3S. The second-order valence-corrected chi connectivity index (χ2v) is 10.2. The molecule has 0 amide bonds. The van der Waals surface area contributed by atoms with Gasteiger partial charge in [0.2, 0.25) is 5.95 Å². The Kier molecular flexibility index (Phi) is 4.96. The number of sulfone groups is 1. The quantitative estimate of drug-likeness (QED) is 0.847. The first-order chi connectivity index (χ1) is 12.9. The molecule has 1 aliphatic carbocycles. The highest BCUT2D eigenvalue weighted by Crippen LogP contribution is 2.28. The van der Waals surface area contributed by atoms with Crippen LogP contribution in [0.5, 0.6) is 0 Å². The highest BCUT2D eigenvalue weighted by atomic mass is 32.2. The first-order valence-corrected chi connectivity index (χ1v) is 11.5. The van der Waals surface area contributed by atoms with Crippen molar-refractivity contribution in [1.29, 1.82) is 0 Å². The van der Waals surface area contributed by atoms with E-state index in [1.54, 1.807) is 11.7 Å². The SMILES string of the molecule is Cn1ncc2c(=O)[nH]c(N3CCC(S(=O)(=O)CC4CCCCC4)CC3)nc21. The third-order valence-electron chi connectivity index (χ3n) is 6.03. The summed E-state index contributed by atoms with van der Waals surface area (Å²) in [5.74, 6) is 1.18. The monoisotopic (exact) mass is 393 g/mol. The third kappa shape index (κ3) is 3.74. The van der Waals surface area contributed by atoms with Gasteiger partial charge in [-0.1, -0.05) is 19.3 Å². The lowest BCUT2D eigenvalue weighted by molar-refractivity contribution is 0.382. The fraction of sp³-hybridized carbons (Fsp3) is 0.722. The Balaban J connectivity index is 1.44. The number of H-pyrrole nitrogens is 1. The normalized spacial score (nSPS) is 20.4. The Hall–Kier alpha value is -1.90. The molecule has 0 aromatic carbocycles. The summed E-state index contributed by atoms with van der Waals surface area (Å²) in [7, 11) is -1.31. The lowest BCUT2D eigenvalue weighted by Crippen LogP contribution is -2.42. The van der Waals surface area contributed by atoms with Gasteiger partial charge in [-0.15, -0.1) is 0 Å². The van der Waals surface area contributed by atoms with Gasteiger partial charge in [0.25, 0.3) is 5.56 Å². The molecule has 2 aromatic heterocycles. The fourth-order valence-electron chi connectivity index (χ4n) is 4.42. The molecule has 148 valence electrons. The zero-order chi connectivity index (χ0) is 19.0. The van der Waals surface area contributed by atoms with Crippen molar-refractivity contribution in [1.82, 2.24) is 19.7 Å². The van der Waals surface area contributed by atoms with Crippen molar-refractivity contribution in [2.45, 2.75) is 50.2 Å². The molecule has 2 aliphatic rings. The van der Waals surface area contributed by atoms with Crippen molar-refractivity contribution in [2.75, 3.05) is 23.7 Å². The molecule has 0 atom stereocenters. The van der Waals surface area contributed by atoms with Crippen LogP contribution in [0.15, 0.2) is 11.0 Å². The Morgan fingerprint density at radius 3 is 2.56 bits per heavy atom. The molecular weight excluding hydrogens is 366 g/mol. The van der Waals surface area contributed by atoms with Crippen LogP contribution in [0, 0.1) is 5.92 Å². The molecule has 1 saturated carbocycles. The summed E-state index contributed by atoms with van der Waals surface area (Å²) >= 11 is 0. The number of hydrogen-bond donors (Lipinski definition) is 1. The number of nitrogens with one attached hydrogen (secondary N) is 1. The van der Waals surface area contributed by atoms with Crippen LogP contribution in [-0.2, 0) is 16.9 Å². The standard InChI is InChI=1S/C18H27N5O3S/c1-22-16-15(11-19-22)17(24)21-18(20-16)23-9-7-14(8-10-23)27(25,26)12-13-5-3-2-4-6-13/h11,13-14H,2-10,12H2,1H3,(H,20,21,24). The van der Waals surface area contributed by atoms with E-state index in [2.05, 4.69) is 15.1 Å². The molecule has 2 aromatic rings. The van der Waals surface area contributed by atoms with Crippen molar-refractivity contribution in [2.24, 2.45) is 13.0 Å². The molecule has 9 heteroatoms. The number of aromatic nitrogens is 4. The molecule has 0 bridgehead atoms. The Morgan fingerprint density at radius 2 is 1.85 bits per heavy atom. The summed E-state index contributed by atoms with van der Waals surface area (Å²) in [5.41, 5.74) is 0.330. The summed E-state index contributed by atoms with van der Waals surface area (Å²) in [4.78, 5) is 21.5. The van der Waals surface area contributed by atoms with Crippen LogP contribution in [0.1, 0.15) is 44.9 Å². The molecule has 3 heterocycles. The predicted molar refractivity (Wildman–Crippen MR) is 105 cm³/mol. The van der Waals surface area contributed by atoms with Gasteiger partial charge in [0.05, 0.1) is 17.2 Å². The topological polar surface area (TPSA) is 101 Å². The summed E-state index contributed by atoms with van der Waals surface area (Å²) in [5, 5.41) is 4.27. The number of anilines is 1. The highest BCUT2D eigenvalue weighted by molar-refractivity contribution is 7.92. The van der Waals surface area contributed by atoms with Crippen LogP contribution in [0.25, 0.3) is 11.0 Å². The molecule has 2 fully saturated rings. The van der Waals surface area contributed by atoms with E-state index < -0.39 is 9.84 Å². The minimum atomic E-state index is -3.06. The number of piperidine rings is 1. The van der Waals surface area contributed by atoms with Gasteiger partial charge in [-0.25, -0.2) is 8.42 Å². The second kappa shape index (κ2) is 7.26. The summed E-state index contributed by atoms with van der Waals surface area (Å²) in [6.07, 6.45) is 8.34. The van der Waals surface area contributed by atoms with Crippen LogP contribution in [-0.4, -0.2) is 52.3 Å². The van der Waals surface area contributed by atoms with Crippen molar-refractivity contribution in [3.63, 3.8) is 0 Å². The molecule has 1 saturated heterocycles. The van der Waals surface area contributed by atoms with Crippen molar-refractivity contribution in [3.05, 3.63) is 16.6 Å². The smallest absolute Gasteiger partial charge is 0.263 e. The Morgan fingerprint density at radius 1 is 1.15 bits per heavy atom. The number of nitrogens with zero attached hydrogens (tertiary/aromatic N) is 4. The van der Waals surface area contributed by atoms with Gasteiger partial charge in [-0.2, -0.15) is 10.1 Å². The van der Waals surface area contributed by atoms with Gasteiger partial charge in [0.15, 0.2) is 15.5 Å². The fourth-order valence-corrected chi connectivity index (χ4v) is 6.61. The van der Waals surface area contributed by atoms with E-state index in [1.807, 2.05) is 4.90 Å². The average molecular weight is 394 g/mol. The summed E-state index contributed by atoms with van der Waals surface area (Å²) in [6.45, 7) is 1.17. The molecule has 1 aliphatic heterocycles. The Labute approximate surface area is 158 Å². The number of rotatable bonds is 4. The lowest BCUT2D eigenvalue weighted by atomic mass is 9.91. The van der Waals surface area contributed by atoms with Gasteiger partial charge in [0, 0.05) is 20.1 Å². The molecule has 0 unspecified atom stereocenters. The first-order valence-electron chi connectivity index (χ1n) is 9.82. The van der Waals surface area contributed by atoms with Gasteiger partial charge < -0.3 is 4.90 Å². The van der Waals surface area contributed by atoms with Crippen LogP contribution < -0.4 is 10.5 Å². The van der Waals surface area contributed by atoms with E-state index in [4.69, 9.17) is 0 Å². The first kappa shape index (κ1) is 18.5. The number of aromatic amines is 1. The summed E-state index contributed by atoms with van der Waals surface area (Å²) < 4.78 is 27.2. The maximum atomic E-state index is 12.8. The van der Waals surface area contributed by atoms with E-state index >= 15 is 0 Å². The average Bonchev–Trinajstić information content (AvgIpc) is 3.04. The maximum Gasteiger partial charge on any atom is 0.263 e. The number of fused-ring (bicyclic) bond motifs is 1. The van der Waals surface area contributed by atoms with Gasteiger partial charge in [-0.05, 0) is 31.6 Å². The second-order valence-electron chi connectivity index (χ2n) is 7.91. The zero-order valence-electron chi connectivity index (χ0n) is 15.7.